The molecule has 1 aromatic carbocycles. The number of carbonyl (C=O) groups excluding carboxylic acids is 1. The molecular weight excluding hydrogens is 380 g/mol. The average Bonchev–Trinajstić information content (AvgIpc) is 2.75. The van der Waals surface area contributed by atoms with Gasteiger partial charge in [-0.2, -0.15) is 4.98 Å². The van der Waals surface area contributed by atoms with Gasteiger partial charge in [0.05, 0.1) is 5.56 Å². The van der Waals surface area contributed by atoms with Crippen LogP contribution in [0.3, 0.4) is 0 Å². The lowest BCUT2D eigenvalue weighted by molar-refractivity contribution is 0.234. The maximum Gasteiger partial charge on any atom is 0.321 e. The number of anilines is 1. The third kappa shape index (κ3) is 5.90. The van der Waals surface area contributed by atoms with Gasteiger partial charge < -0.3 is 21.4 Å². The summed E-state index contributed by atoms with van der Waals surface area (Å²) in [5, 5.41) is 9.25. The fraction of sp³-hybridized carbons (Fsp3) is 0.500. The number of rotatable bonds is 8. The highest BCUT2D eigenvalue weighted by atomic mass is 16.2. The third-order valence-electron chi connectivity index (χ3n) is 5.55. The zero-order valence-corrected chi connectivity index (χ0v) is 17.5. The van der Waals surface area contributed by atoms with E-state index in [1.807, 2.05) is 24.3 Å². The van der Waals surface area contributed by atoms with E-state index in [1.54, 1.807) is 6.20 Å². The normalized spacial score (nSPS) is 18.7. The highest BCUT2D eigenvalue weighted by Crippen LogP contribution is 2.19. The molecule has 0 saturated heterocycles. The van der Waals surface area contributed by atoms with E-state index in [0.717, 1.165) is 49.8 Å². The molecule has 1 heterocycles. The Balaban J connectivity index is 1.60. The summed E-state index contributed by atoms with van der Waals surface area (Å²) < 4.78 is 0. The molecule has 2 atom stereocenters. The number of unbranched alkanes of at least 4 members (excludes halogenated alkanes) is 1. The van der Waals surface area contributed by atoms with Crippen molar-refractivity contribution in [3.63, 3.8) is 0 Å². The number of amides is 2. The Morgan fingerprint density at radius 1 is 1.20 bits per heavy atom. The number of aromatic amines is 1. The Kier molecular flexibility index (Phi) is 7.98. The molecule has 0 aliphatic heterocycles. The van der Waals surface area contributed by atoms with Crippen LogP contribution in [0, 0.1) is 0 Å². The van der Waals surface area contributed by atoms with Crippen LogP contribution >= 0.6 is 0 Å². The van der Waals surface area contributed by atoms with Crippen molar-refractivity contribution < 1.29 is 4.79 Å². The van der Waals surface area contributed by atoms with Crippen molar-refractivity contribution in [2.75, 3.05) is 11.9 Å². The minimum atomic E-state index is -0.402. The molecule has 8 heteroatoms. The van der Waals surface area contributed by atoms with Crippen molar-refractivity contribution in [2.45, 2.75) is 64.1 Å². The van der Waals surface area contributed by atoms with Gasteiger partial charge in [-0.25, -0.2) is 4.79 Å². The summed E-state index contributed by atoms with van der Waals surface area (Å²) in [6, 6.07) is 7.43. The lowest BCUT2D eigenvalue weighted by Gasteiger charge is -2.33. The predicted molar refractivity (Wildman–Crippen MR) is 119 cm³/mol. The number of aromatic nitrogens is 2. The Bertz CT molecular complexity index is 880. The molecule has 2 amide bonds. The summed E-state index contributed by atoms with van der Waals surface area (Å²) in [6.45, 7) is 3.58. The number of benzene rings is 1. The van der Waals surface area contributed by atoms with Crippen molar-refractivity contribution in [3.8, 4) is 11.1 Å². The van der Waals surface area contributed by atoms with Gasteiger partial charge in [0, 0.05) is 24.8 Å². The molecule has 162 valence electrons. The molecule has 3 rings (SSSR count). The van der Waals surface area contributed by atoms with E-state index in [1.165, 1.54) is 6.42 Å². The first-order valence-corrected chi connectivity index (χ1v) is 10.8. The second kappa shape index (κ2) is 10.9. The van der Waals surface area contributed by atoms with E-state index in [-0.39, 0.29) is 24.1 Å². The molecule has 8 nitrogen and oxygen atoms in total. The van der Waals surface area contributed by atoms with Crippen LogP contribution in [0.1, 0.15) is 51.0 Å². The summed E-state index contributed by atoms with van der Waals surface area (Å²) >= 11 is 0. The minimum absolute atomic E-state index is 0.0719. The maximum absolute atomic E-state index is 12.5. The number of H-pyrrole nitrogens is 1. The van der Waals surface area contributed by atoms with Crippen LogP contribution in [-0.2, 0) is 6.54 Å². The zero-order chi connectivity index (χ0) is 21.3. The number of nitrogens with zero attached hydrogens (tertiary/aromatic N) is 1. The van der Waals surface area contributed by atoms with E-state index >= 15 is 0 Å². The number of nitrogens with one attached hydrogen (secondary N) is 4. The van der Waals surface area contributed by atoms with Gasteiger partial charge in [0.25, 0.3) is 5.56 Å². The average molecular weight is 413 g/mol. The minimum Gasteiger partial charge on any atom is -0.333 e. The molecule has 1 aromatic heterocycles. The van der Waals surface area contributed by atoms with Gasteiger partial charge in [-0.1, -0.05) is 50.5 Å². The molecule has 0 spiro atoms. The summed E-state index contributed by atoms with van der Waals surface area (Å²) in [7, 11) is 0. The lowest BCUT2D eigenvalue weighted by Crippen LogP contribution is -2.52. The van der Waals surface area contributed by atoms with E-state index in [9.17, 15) is 9.59 Å². The number of hydrogen-bond acceptors (Lipinski definition) is 5. The molecule has 1 unspecified atom stereocenters. The quantitative estimate of drug-likeness (QED) is 0.426. The summed E-state index contributed by atoms with van der Waals surface area (Å²) in [4.78, 5) is 31.8. The predicted octanol–water partition coefficient (Wildman–Crippen LogP) is 2.72. The van der Waals surface area contributed by atoms with Crippen molar-refractivity contribution in [2.24, 2.45) is 5.73 Å². The number of nitrogens with two attached hydrogens (primary N) is 1. The van der Waals surface area contributed by atoms with E-state index in [2.05, 4.69) is 32.8 Å². The van der Waals surface area contributed by atoms with Gasteiger partial charge in [-0.05, 0) is 36.9 Å². The van der Waals surface area contributed by atoms with Crippen LogP contribution in [0.15, 0.2) is 35.3 Å². The second-order valence-electron chi connectivity index (χ2n) is 7.77. The topological polar surface area (TPSA) is 125 Å². The van der Waals surface area contributed by atoms with Gasteiger partial charge in [0.1, 0.15) is 0 Å². The van der Waals surface area contributed by atoms with Gasteiger partial charge in [0.15, 0.2) is 0 Å². The Morgan fingerprint density at radius 3 is 2.60 bits per heavy atom. The molecular formula is C22H32N6O2. The van der Waals surface area contributed by atoms with Crippen molar-refractivity contribution in [1.29, 1.82) is 0 Å². The lowest BCUT2D eigenvalue weighted by atomic mass is 9.90. The third-order valence-corrected chi connectivity index (χ3v) is 5.55. The molecule has 0 bridgehead atoms. The van der Waals surface area contributed by atoms with Gasteiger partial charge in [-0.3, -0.25) is 10.1 Å². The molecule has 2 aromatic rings. The monoisotopic (exact) mass is 412 g/mol. The van der Waals surface area contributed by atoms with Gasteiger partial charge in [-0.15, -0.1) is 0 Å². The van der Waals surface area contributed by atoms with Gasteiger partial charge >= 0.3 is 6.03 Å². The van der Waals surface area contributed by atoms with E-state index in [0.29, 0.717) is 12.1 Å². The first-order chi connectivity index (χ1) is 14.6. The van der Waals surface area contributed by atoms with E-state index in [4.69, 9.17) is 5.73 Å². The maximum atomic E-state index is 12.5. The van der Waals surface area contributed by atoms with E-state index < -0.39 is 5.56 Å². The van der Waals surface area contributed by atoms with Crippen LogP contribution < -0.4 is 27.2 Å². The van der Waals surface area contributed by atoms with Crippen molar-refractivity contribution in [1.82, 2.24) is 20.6 Å². The fourth-order valence-corrected chi connectivity index (χ4v) is 3.81. The fourth-order valence-electron chi connectivity index (χ4n) is 3.81. The highest BCUT2D eigenvalue weighted by molar-refractivity contribution is 5.87. The van der Waals surface area contributed by atoms with Crippen LogP contribution in [0.2, 0.25) is 0 Å². The SMILES string of the molecule is CCCCN[C@@H]1CCCCC1NC(=O)Nc1nc(=O)c(-c2ccc(CN)cc2)c[nH]1. The molecule has 1 aliphatic carbocycles. The highest BCUT2D eigenvalue weighted by Gasteiger charge is 2.26. The van der Waals surface area contributed by atoms with Crippen molar-refractivity contribution >= 4 is 12.0 Å². The van der Waals surface area contributed by atoms with Crippen LogP contribution in [-0.4, -0.2) is 34.6 Å². The first-order valence-electron chi connectivity index (χ1n) is 10.8. The molecule has 6 N–H and O–H groups in total. The second-order valence-corrected chi connectivity index (χ2v) is 7.77. The van der Waals surface area contributed by atoms with Gasteiger partial charge in [0.2, 0.25) is 5.95 Å². The molecule has 1 fully saturated rings. The van der Waals surface area contributed by atoms with Crippen molar-refractivity contribution in [3.05, 3.63) is 46.4 Å². The summed E-state index contributed by atoms with van der Waals surface area (Å²) in [5.41, 5.74) is 7.39. The Morgan fingerprint density at radius 2 is 1.93 bits per heavy atom. The Labute approximate surface area is 177 Å². The van der Waals surface area contributed by atoms with Crippen LogP contribution in [0.4, 0.5) is 10.7 Å². The first kappa shape index (κ1) is 22.0. The number of carbonyl (C=O) groups is 1. The Hall–Kier alpha value is -2.71. The smallest absolute Gasteiger partial charge is 0.321 e. The summed E-state index contributed by atoms with van der Waals surface area (Å²) in [5.74, 6) is 0.131. The number of urea groups is 1. The number of hydrogen-bond donors (Lipinski definition) is 5. The standard InChI is InChI=1S/C22H32N6O2/c1-2-3-12-24-18-6-4-5-7-19(18)26-22(30)28-21-25-14-17(20(29)27-21)16-10-8-15(13-23)9-11-16/h8-11,14,18-19,24H,2-7,12-13,23H2,1H3,(H3,25,26,27,28,29,30)/t18-,19?/m1/s1. The zero-order valence-electron chi connectivity index (χ0n) is 17.5. The molecule has 30 heavy (non-hydrogen) atoms. The molecule has 0 radical (unpaired) electrons. The molecule has 1 saturated carbocycles. The van der Waals surface area contributed by atoms with Crippen LogP contribution in [0.25, 0.3) is 11.1 Å². The molecule has 1 aliphatic rings. The summed E-state index contributed by atoms with van der Waals surface area (Å²) in [6.07, 6.45) is 8.11. The van der Waals surface area contributed by atoms with Crippen LogP contribution in [0.5, 0.6) is 0 Å². The largest absolute Gasteiger partial charge is 0.333 e.